The molecule has 0 aliphatic carbocycles. The molecule has 0 atom stereocenters. The topological polar surface area (TPSA) is 103 Å². The summed E-state index contributed by atoms with van der Waals surface area (Å²) in [6.07, 6.45) is 0.631. The average molecular weight is 287 g/mol. The molecule has 1 aromatic carbocycles. The summed E-state index contributed by atoms with van der Waals surface area (Å²) < 4.78 is 25.9. The van der Waals surface area contributed by atoms with Crippen LogP contribution in [0.1, 0.15) is 23.6 Å². The maximum Gasteiger partial charge on any atom is 0.277 e. The molecule has 0 aliphatic rings. The Kier molecular flexibility index (Phi) is 5.28. The number of nitrogens with zero attached hydrogens (tertiary/aromatic N) is 1. The number of hydrogen-bond donors (Lipinski definition) is 4. The molecule has 1 rings (SSSR count). The van der Waals surface area contributed by atoms with Crippen LogP contribution in [0.4, 0.5) is 5.69 Å². The van der Waals surface area contributed by atoms with Crippen LogP contribution in [0, 0.1) is 12.3 Å². The molecule has 0 unspecified atom stereocenters. The number of amidine groups is 1. The Morgan fingerprint density at radius 3 is 2.63 bits per heavy atom. The molecule has 0 saturated heterocycles. The van der Waals surface area contributed by atoms with Gasteiger partial charge in [-0.2, -0.15) is 4.28 Å². The lowest BCUT2D eigenvalue weighted by Gasteiger charge is -2.21. The first kappa shape index (κ1) is 15.4. The van der Waals surface area contributed by atoms with Gasteiger partial charge >= 0.3 is 0 Å². The highest BCUT2D eigenvalue weighted by Crippen LogP contribution is 2.27. The quantitative estimate of drug-likeness (QED) is 0.276. The fourth-order valence-electron chi connectivity index (χ4n) is 1.92. The third-order valence-corrected chi connectivity index (χ3v) is 3.04. The van der Waals surface area contributed by atoms with Crippen LogP contribution in [-0.2, 0) is 21.7 Å². The van der Waals surface area contributed by atoms with Crippen molar-refractivity contribution in [2.45, 2.75) is 20.3 Å². The minimum atomic E-state index is -2.99. The number of hydrogen-bond acceptors (Lipinski definition) is 6. The molecule has 0 heterocycles. The first-order valence-electron chi connectivity index (χ1n) is 5.59. The second-order valence-electron chi connectivity index (χ2n) is 3.94. The van der Waals surface area contributed by atoms with Crippen LogP contribution in [0.5, 0.6) is 0 Å². The van der Waals surface area contributed by atoms with Gasteiger partial charge in [-0.15, -0.1) is 0 Å². The molecule has 3 N–H and O–H groups in total. The monoisotopic (exact) mass is 287 g/mol. The highest BCUT2D eigenvalue weighted by molar-refractivity contribution is 7.67. The smallest absolute Gasteiger partial charge is 0.277 e. The van der Waals surface area contributed by atoms with E-state index in [2.05, 4.69) is 4.28 Å². The Labute approximate surface area is 113 Å². The molecule has 0 fully saturated rings. The predicted octanol–water partition coefficient (Wildman–Crippen LogP) is 0.756. The third kappa shape index (κ3) is 3.66. The van der Waals surface area contributed by atoms with E-state index in [1.54, 1.807) is 24.5 Å². The summed E-state index contributed by atoms with van der Waals surface area (Å²) in [5.74, 6) is -0.122. The van der Waals surface area contributed by atoms with Crippen molar-refractivity contribution in [1.29, 1.82) is 5.41 Å². The van der Waals surface area contributed by atoms with Crippen molar-refractivity contribution in [2.75, 3.05) is 12.1 Å². The van der Waals surface area contributed by atoms with Crippen molar-refractivity contribution in [3.8, 4) is 0 Å². The van der Waals surface area contributed by atoms with E-state index in [-0.39, 0.29) is 5.84 Å². The van der Waals surface area contributed by atoms with Gasteiger partial charge in [0.2, 0.25) is 0 Å². The summed E-state index contributed by atoms with van der Waals surface area (Å²) >= 11 is 0. The molecule has 0 spiro atoms. The van der Waals surface area contributed by atoms with Crippen molar-refractivity contribution < 1.29 is 17.9 Å². The second-order valence-corrected chi connectivity index (χ2v) is 4.55. The Balaban J connectivity index is 3.29. The van der Waals surface area contributed by atoms with Crippen LogP contribution in [-0.4, -0.2) is 26.5 Å². The Hall–Kier alpha value is -1.64. The van der Waals surface area contributed by atoms with E-state index in [0.29, 0.717) is 17.7 Å². The Morgan fingerprint density at radius 1 is 1.53 bits per heavy atom. The zero-order chi connectivity index (χ0) is 14.6. The third-order valence-electron chi connectivity index (χ3n) is 2.66. The number of benzene rings is 1. The Bertz CT molecular complexity index is 549. The van der Waals surface area contributed by atoms with Crippen molar-refractivity contribution in [3.05, 3.63) is 28.8 Å². The van der Waals surface area contributed by atoms with Gasteiger partial charge in [0.25, 0.3) is 11.0 Å². The molecule has 0 bridgehead atoms. The standard InChI is InChI=1S/C11H17N3O4S/c1-4-8-6-9(11(12)13-15)5-7(2)10(8)14(3)18-19(16)17/h5-6,15,19H,4H2,1-3H3,(H2,12,13). The van der Waals surface area contributed by atoms with Gasteiger partial charge < -0.3 is 0 Å². The lowest BCUT2D eigenvalue weighted by atomic mass is 10.0. The van der Waals surface area contributed by atoms with Gasteiger partial charge in [-0.1, -0.05) is 6.92 Å². The van der Waals surface area contributed by atoms with Crippen LogP contribution in [0.3, 0.4) is 0 Å². The predicted molar refractivity (Wildman–Crippen MR) is 72.1 cm³/mol. The second kappa shape index (κ2) is 6.50. The zero-order valence-electron chi connectivity index (χ0n) is 10.9. The minimum Gasteiger partial charge on any atom is -0.290 e. The summed E-state index contributed by atoms with van der Waals surface area (Å²) in [6.45, 7) is 3.68. The van der Waals surface area contributed by atoms with Gasteiger partial charge in [0.05, 0.1) is 5.69 Å². The van der Waals surface area contributed by atoms with Crippen LogP contribution in [0.25, 0.3) is 0 Å². The SMILES string of the molecule is CCc1cc(C(=N)NO)cc(C)c1N(C)O[SH](=O)=O. The molecule has 19 heavy (non-hydrogen) atoms. The number of anilines is 1. The first-order chi connectivity index (χ1) is 8.90. The average Bonchev–Trinajstić information content (AvgIpc) is 2.35. The lowest BCUT2D eigenvalue weighted by molar-refractivity contribution is 0.234. The number of hydroxylamine groups is 2. The first-order valence-corrected chi connectivity index (χ1v) is 6.69. The molecule has 0 aliphatic heterocycles. The fourth-order valence-corrected chi connectivity index (χ4v) is 2.20. The largest absolute Gasteiger partial charge is 0.290 e. The number of nitrogens with one attached hydrogen (secondary N) is 2. The van der Waals surface area contributed by atoms with Gasteiger partial charge in [0.1, 0.15) is 5.84 Å². The van der Waals surface area contributed by atoms with E-state index < -0.39 is 11.0 Å². The summed E-state index contributed by atoms with van der Waals surface area (Å²) in [6, 6.07) is 3.36. The minimum absolute atomic E-state index is 0.122. The summed E-state index contributed by atoms with van der Waals surface area (Å²) in [4.78, 5) is 0. The van der Waals surface area contributed by atoms with Crippen molar-refractivity contribution in [2.24, 2.45) is 0 Å². The lowest BCUT2D eigenvalue weighted by Crippen LogP contribution is -2.22. The molecular formula is C11H17N3O4S. The maximum atomic E-state index is 10.6. The zero-order valence-corrected chi connectivity index (χ0v) is 11.8. The van der Waals surface area contributed by atoms with Gasteiger partial charge in [0, 0.05) is 12.6 Å². The van der Waals surface area contributed by atoms with E-state index in [4.69, 9.17) is 10.6 Å². The van der Waals surface area contributed by atoms with Crippen LogP contribution in [0.2, 0.25) is 0 Å². The summed E-state index contributed by atoms with van der Waals surface area (Å²) in [5, 5.41) is 17.5. The van der Waals surface area contributed by atoms with E-state index >= 15 is 0 Å². The van der Waals surface area contributed by atoms with Gasteiger partial charge in [-0.05, 0) is 36.6 Å². The highest BCUT2D eigenvalue weighted by Gasteiger charge is 2.14. The number of thiol groups is 1. The summed E-state index contributed by atoms with van der Waals surface area (Å²) in [7, 11) is -1.48. The van der Waals surface area contributed by atoms with E-state index in [1.807, 2.05) is 6.92 Å². The van der Waals surface area contributed by atoms with Crippen molar-refractivity contribution in [3.63, 3.8) is 0 Å². The van der Waals surface area contributed by atoms with Gasteiger partial charge in [-0.25, -0.2) is 13.5 Å². The molecule has 106 valence electrons. The van der Waals surface area contributed by atoms with E-state index in [0.717, 1.165) is 11.1 Å². The molecule has 0 aromatic heterocycles. The molecule has 0 amide bonds. The normalized spacial score (nSPS) is 10.6. The van der Waals surface area contributed by atoms with Gasteiger partial charge in [-0.3, -0.25) is 16.1 Å². The van der Waals surface area contributed by atoms with Crippen molar-refractivity contribution in [1.82, 2.24) is 5.48 Å². The Morgan fingerprint density at radius 2 is 2.16 bits per heavy atom. The van der Waals surface area contributed by atoms with E-state index in [1.165, 1.54) is 12.1 Å². The number of aryl methyl sites for hydroxylation is 2. The van der Waals surface area contributed by atoms with Gasteiger partial charge in [0.15, 0.2) is 0 Å². The highest BCUT2D eigenvalue weighted by atomic mass is 32.2. The molecule has 1 aromatic rings. The van der Waals surface area contributed by atoms with Crippen molar-refractivity contribution >= 4 is 22.5 Å². The molecule has 8 heteroatoms. The molecule has 7 nitrogen and oxygen atoms in total. The van der Waals surface area contributed by atoms with E-state index in [9.17, 15) is 8.42 Å². The summed E-state index contributed by atoms with van der Waals surface area (Å²) in [5.41, 5.74) is 4.49. The molecular weight excluding hydrogens is 270 g/mol. The van der Waals surface area contributed by atoms with Crippen LogP contribution in [0.15, 0.2) is 12.1 Å². The van der Waals surface area contributed by atoms with Crippen LogP contribution < -0.4 is 10.5 Å². The molecule has 0 radical (unpaired) electrons. The van der Waals surface area contributed by atoms with Crippen LogP contribution >= 0.6 is 0 Å². The maximum absolute atomic E-state index is 10.6. The molecule has 0 saturated carbocycles. The fraction of sp³-hybridized carbons (Fsp3) is 0.364. The number of rotatable bonds is 5.